The van der Waals surface area contributed by atoms with Crippen LogP contribution in [-0.2, 0) is 23.9 Å². The lowest BCUT2D eigenvalue weighted by molar-refractivity contribution is -0.137. The quantitative estimate of drug-likeness (QED) is 0.564. The largest absolute Gasteiger partial charge is 0.493 e. The molecule has 10 heteroatoms. The molecule has 0 aromatic heterocycles. The molecule has 0 saturated heterocycles. The minimum atomic E-state index is -0.790. The monoisotopic (exact) mass is 482 g/mol. The number of allylic oxidation sites excluding steroid dienone is 2. The summed E-state index contributed by atoms with van der Waals surface area (Å²) < 4.78 is 21.2. The Balaban J connectivity index is 2.72. The molecule has 0 aliphatic carbocycles. The molecule has 0 saturated carbocycles. The Morgan fingerprint density at radius 3 is 2.00 bits per heavy atom. The van der Waals surface area contributed by atoms with Crippen molar-refractivity contribution in [3.8, 4) is 11.5 Å². The average Bonchev–Trinajstić information content (AvgIpc) is 2.70. The highest BCUT2D eigenvalue weighted by atomic mass is 79.9. The molecule has 9 nitrogen and oxygen atoms in total. The molecule has 0 bridgehead atoms. The van der Waals surface area contributed by atoms with Crippen LogP contribution < -0.4 is 20.5 Å². The van der Waals surface area contributed by atoms with E-state index in [4.69, 9.17) is 24.7 Å². The van der Waals surface area contributed by atoms with Crippen LogP contribution >= 0.6 is 15.9 Å². The molecule has 0 atom stereocenters. The number of rotatable bonds is 7. The number of hydrogen-bond donors (Lipinski definition) is 2. The summed E-state index contributed by atoms with van der Waals surface area (Å²) >= 11 is 3.40. The van der Waals surface area contributed by atoms with Gasteiger partial charge in [0.1, 0.15) is 0 Å². The molecule has 1 aromatic carbocycles. The van der Waals surface area contributed by atoms with Crippen LogP contribution in [0, 0.1) is 0 Å². The zero-order chi connectivity index (χ0) is 22.6. The van der Waals surface area contributed by atoms with Gasteiger partial charge in [-0.2, -0.15) is 0 Å². The van der Waals surface area contributed by atoms with Crippen LogP contribution in [0.1, 0.15) is 25.3 Å². The zero-order valence-corrected chi connectivity index (χ0v) is 18.8. The third-order valence-electron chi connectivity index (χ3n) is 4.51. The molecule has 3 N–H and O–H groups in total. The van der Waals surface area contributed by atoms with Crippen molar-refractivity contribution in [3.05, 3.63) is 44.7 Å². The van der Waals surface area contributed by atoms with E-state index in [2.05, 4.69) is 21.2 Å². The third kappa shape index (κ3) is 4.59. The van der Waals surface area contributed by atoms with E-state index >= 15 is 0 Å². The maximum absolute atomic E-state index is 12.6. The molecule has 0 fully saturated rings. The SMILES string of the molecule is COC(=O)C1=C(C)NC(C)=C(C(=O)OC)C1c1cc(Br)c(OCC(N)=O)c(OC)c1. The fourth-order valence-corrected chi connectivity index (χ4v) is 3.85. The van der Waals surface area contributed by atoms with Crippen LogP contribution in [0.25, 0.3) is 0 Å². The van der Waals surface area contributed by atoms with Gasteiger partial charge in [0, 0.05) is 11.4 Å². The second kappa shape index (κ2) is 9.66. The molecule has 162 valence electrons. The molecule has 2 rings (SSSR count). The minimum Gasteiger partial charge on any atom is -0.493 e. The number of dihydropyridines is 1. The normalized spacial score (nSPS) is 14.2. The van der Waals surface area contributed by atoms with Gasteiger partial charge in [-0.25, -0.2) is 9.59 Å². The third-order valence-corrected chi connectivity index (χ3v) is 5.10. The number of carbonyl (C=O) groups excluding carboxylic acids is 3. The first-order chi connectivity index (χ1) is 14.2. The molecular weight excluding hydrogens is 460 g/mol. The Bertz CT molecular complexity index is 915. The number of methoxy groups -OCH3 is 3. The number of nitrogens with one attached hydrogen (secondary N) is 1. The number of primary amides is 1. The minimum absolute atomic E-state index is 0.253. The molecule has 1 heterocycles. The van der Waals surface area contributed by atoms with E-state index in [1.807, 2.05) is 0 Å². The van der Waals surface area contributed by atoms with Crippen molar-refractivity contribution >= 4 is 33.8 Å². The number of amides is 1. The van der Waals surface area contributed by atoms with E-state index in [0.717, 1.165) is 0 Å². The zero-order valence-electron chi connectivity index (χ0n) is 17.3. The predicted molar refractivity (Wildman–Crippen MR) is 111 cm³/mol. The topological polar surface area (TPSA) is 126 Å². The molecule has 0 unspecified atom stereocenters. The van der Waals surface area contributed by atoms with Gasteiger partial charge in [-0.1, -0.05) is 0 Å². The number of hydrogen-bond acceptors (Lipinski definition) is 8. The van der Waals surface area contributed by atoms with Crippen LogP contribution in [0.5, 0.6) is 11.5 Å². The second-order valence-electron chi connectivity index (χ2n) is 6.41. The van der Waals surface area contributed by atoms with Crippen LogP contribution in [0.15, 0.2) is 39.1 Å². The number of ether oxygens (including phenoxy) is 4. The Morgan fingerprint density at radius 1 is 1.03 bits per heavy atom. The van der Waals surface area contributed by atoms with Crippen molar-refractivity contribution in [3.63, 3.8) is 0 Å². The van der Waals surface area contributed by atoms with Crippen molar-refractivity contribution in [2.45, 2.75) is 19.8 Å². The Kier molecular flexibility index (Phi) is 7.49. The van der Waals surface area contributed by atoms with E-state index in [1.165, 1.54) is 21.3 Å². The van der Waals surface area contributed by atoms with Gasteiger partial charge >= 0.3 is 11.9 Å². The summed E-state index contributed by atoms with van der Waals surface area (Å²) in [5.41, 5.74) is 7.29. The van der Waals surface area contributed by atoms with Gasteiger partial charge in [0.15, 0.2) is 18.1 Å². The average molecular weight is 483 g/mol. The summed E-state index contributed by atoms with van der Waals surface area (Å²) in [6.45, 7) is 3.08. The van der Waals surface area contributed by atoms with Gasteiger partial charge in [-0.3, -0.25) is 4.79 Å². The fraction of sp³-hybridized carbons (Fsp3) is 0.350. The molecular formula is C20H23BrN2O7. The van der Waals surface area contributed by atoms with E-state index in [0.29, 0.717) is 21.4 Å². The Hall–Kier alpha value is -3.01. The first kappa shape index (κ1) is 23.3. The molecule has 1 aliphatic heterocycles. The summed E-state index contributed by atoms with van der Waals surface area (Å²) in [6.07, 6.45) is 0. The Labute approximate surface area is 182 Å². The number of nitrogens with two attached hydrogens (primary N) is 1. The second-order valence-corrected chi connectivity index (χ2v) is 7.26. The van der Waals surface area contributed by atoms with Crippen LogP contribution in [0.3, 0.4) is 0 Å². The highest BCUT2D eigenvalue weighted by Crippen LogP contribution is 2.44. The summed E-state index contributed by atoms with van der Waals surface area (Å²) in [4.78, 5) is 36.3. The van der Waals surface area contributed by atoms with E-state index < -0.39 is 23.8 Å². The first-order valence-corrected chi connectivity index (χ1v) is 9.59. The highest BCUT2D eigenvalue weighted by Gasteiger charge is 2.38. The smallest absolute Gasteiger partial charge is 0.336 e. The number of carbonyl (C=O) groups is 3. The molecule has 1 aliphatic rings. The molecule has 30 heavy (non-hydrogen) atoms. The maximum atomic E-state index is 12.6. The van der Waals surface area contributed by atoms with Crippen LogP contribution in [-0.4, -0.2) is 45.8 Å². The lowest BCUT2D eigenvalue weighted by Crippen LogP contribution is -2.32. The highest BCUT2D eigenvalue weighted by molar-refractivity contribution is 9.10. The lowest BCUT2D eigenvalue weighted by Gasteiger charge is -2.30. The van der Waals surface area contributed by atoms with Crippen molar-refractivity contribution in [1.82, 2.24) is 5.32 Å². The van der Waals surface area contributed by atoms with Gasteiger partial charge in [0.05, 0.1) is 42.9 Å². The van der Waals surface area contributed by atoms with Crippen molar-refractivity contribution in [2.75, 3.05) is 27.9 Å². The molecule has 1 aromatic rings. The number of halogens is 1. The van der Waals surface area contributed by atoms with Crippen LogP contribution in [0.2, 0.25) is 0 Å². The van der Waals surface area contributed by atoms with Gasteiger partial charge < -0.3 is 30.0 Å². The number of benzene rings is 1. The van der Waals surface area contributed by atoms with E-state index in [9.17, 15) is 14.4 Å². The maximum Gasteiger partial charge on any atom is 0.336 e. The molecule has 0 radical (unpaired) electrons. The van der Waals surface area contributed by atoms with Crippen molar-refractivity contribution < 1.29 is 33.3 Å². The van der Waals surface area contributed by atoms with Crippen LogP contribution in [0.4, 0.5) is 0 Å². The van der Waals surface area contributed by atoms with Crippen molar-refractivity contribution in [2.24, 2.45) is 5.73 Å². The van der Waals surface area contributed by atoms with Crippen molar-refractivity contribution in [1.29, 1.82) is 0 Å². The number of esters is 2. The standard InChI is InChI=1S/C20H23BrN2O7/c1-9-15(19(25)28-4)17(16(10(2)23-9)20(26)29-5)11-6-12(21)18(13(7-11)27-3)30-8-14(22)24/h6-7,17,23H,8H2,1-5H3,(H2,22,24). The summed E-state index contributed by atoms with van der Waals surface area (Å²) in [7, 11) is 3.95. The first-order valence-electron chi connectivity index (χ1n) is 8.79. The van der Waals surface area contributed by atoms with Gasteiger partial charge in [0.2, 0.25) is 0 Å². The summed E-state index contributed by atoms with van der Waals surface area (Å²) in [5.74, 6) is -2.09. The summed E-state index contributed by atoms with van der Waals surface area (Å²) in [6, 6.07) is 3.28. The fourth-order valence-electron chi connectivity index (χ4n) is 3.28. The van der Waals surface area contributed by atoms with E-state index in [-0.39, 0.29) is 29.3 Å². The Morgan fingerprint density at radius 2 is 1.57 bits per heavy atom. The van der Waals surface area contributed by atoms with E-state index in [1.54, 1.807) is 26.0 Å². The van der Waals surface area contributed by atoms with Gasteiger partial charge in [0.25, 0.3) is 5.91 Å². The predicted octanol–water partition coefficient (Wildman–Crippen LogP) is 1.90. The summed E-state index contributed by atoms with van der Waals surface area (Å²) in [5, 5.41) is 3.04. The van der Waals surface area contributed by atoms with Gasteiger partial charge in [-0.05, 0) is 47.5 Å². The van der Waals surface area contributed by atoms with Gasteiger partial charge in [-0.15, -0.1) is 0 Å². The molecule has 0 spiro atoms. The lowest BCUT2D eigenvalue weighted by atomic mass is 9.80. The molecule has 1 amide bonds.